The van der Waals surface area contributed by atoms with E-state index >= 15 is 0 Å². The van der Waals surface area contributed by atoms with Gasteiger partial charge in [0.2, 0.25) is 5.91 Å². The van der Waals surface area contributed by atoms with E-state index in [2.05, 4.69) is 37.9 Å². The Bertz CT molecular complexity index is 268. The van der Waals surface area contributed by atoms with Crippen molar-refractivity contribution in [3.8, 4) is 0 Å². The highest BCUT2D eigenvalue weighted by Crippen LogP contribution is 2.21. The maximum absolute atomic E-state index is 12.2. The van der Waals surface area contributed by atoms with E-state index < -0.39 is 0 Å². The van der Waals surface area contributed by atoms with Gasteiger partial charge in [-0.15, -0.1) is 0 Å². The Labute approximate surface area is 112 Å². The van der Waals surface area contributed by atoms with E-state index in [1.54, 1.807) is 0 Å². The third kappa shape index (κ3) is 4.58. The van der Waals surface area contributed by atoms with Gasteiger partial charge in [0.05, 0.1) is 0 Å². The molecule has 4 nitrogen and oxygen atoms in total. The topological polar surface area (TPSA) is 35.6 Å². The number of amides is 1. The van der Waals surface area contributed by atoms with Crippen molar-refractivity contribution >= 4 is 5.91 Å². The number of nitrogens with one attached hydrogen (secondary N) is 1. The molecule has 0 spiro atoms. The second-order valence-electron chi connectivity index (χ2n) is 6.38. The molecule has 0 aromatic carbocycles. The molecule has 0 aromatic rings. The lowest BCUT2D eigenvalue weighted by molar-refractivity contribution is -0.135. The van der Waals surface area contributed by atoms with Crippen molar-refractivity contribution in [1.29, 1.82) is 0 Å². The third-order valence-electron chi connectivity index (χ3n) is 3.68. The first-order valence-electron chi connectivity index (χ1n) is 7.02. The van der Waals surface area contributed by atoms with E-state index in [-0.39, 0.29) is 5.41 Å². The van der Waals surface area contributed by atoms with Gasteiger partial charge < -0.3 is 10.2 Å². The first-order chi connectivity index (χ1) is 8.35. The van der Waals surface area contributed by atoms with Gasteiger partial charge in [0.1, 0.15) is 0 Å². The molecule has 0 bridgehead atoms. The Kier molecular flexibility index (Phi) is 5.60. The summed E-state index contributed by atoms with van der Waals surface area (Å²) in [4.78, 5) is 16.7. The molecule has 1 aliphatic heterocycles. The van der Waals surface area contributed by atoms with E-state index in [0.717, 1.165) is 32.7 Å². The van der Waals surface area contributed by atoms with Gasteiger partial charge in [0.25, 0.3) is 0 Å². The molecular formula is C14H29N3O. The zero-order valence-electron chi connectivity index (χ0n) is 12.6. The SMILES string of the molecule is CNCC(C)(C)CC(=O)N1CCN(C(C)C)CC1. The van der Waals surface area contributed by atoms with Crippen LogP contribution >= 0.6 is 0 Å². The van der Waals surface area contributed by atoms with Crippen LogP contribution in [0, 0.1) is 5.41 Å². The summed E-state index contributed by atoms with van der Waals surface area (Å²) in [5.74, 6) is 0.304. The Morgan fingerprint density at radius 2 is 1.78 bits per heavy atom. The average molecular weight is 255 g/mol. The highest BCUT2D eigenvalue weighted by Gasteiger charge is 2.27. The maximum atomic E-state index is 12.2. The standard InChI is InChI=1S/C14H29N3O/c1-12(2)16-6-8-17(9-7-16)13(18)10-14(3,4)11-15-5/h12,15H,6-11H2,1-5H3. The largest absolute Gasteiger partial charge is 0.340 e. The summed E-state index contributed by atoms with van der Waals surface area (Å²) in [6.07, 6.45) is 0.634. The molecule has 1 amide bonds. The van der Waals surface area contributed by atoms with E-state index in [1.165, 1.54) is 0 Å². The van der Waals surface area contributed by atoms with Crippen molar-refractivity contribution in [1.82, 2.24) is 15.1 Å². The average Bonchev–Trinajstić information content (AvgIpc) is 2.28. The second kappa shape index (κ2) is 6.53. The van der Waals surface area contributed by atoms with Crippen molar-refractivity contribution in [3.63, 3.8) is 0 Å². The molecule has 0 radical (unpaired) electrons. The number of hydrogen-bond donors (Lipinski definition) is 1. The highest BCUT2D eigenvalue weighted by atomic mass is 16.2. The lowest BCUT2D eigenvalue weighted by atomic mass is 9.88. The van der Waals surface area contributed by atoms with Crippen LogP contribution in [-0.4, -0.2) is 61.5 Å². The molecular weight excluding hydrogens is 226 g/mol. The fraction of sp³-hybridized carbons (Fsp3) is 0.929. The van der Waals surface area contributed by atoms with Crippen molar-refractivity contribution in [2.24, 2.45) is 5.41 Å². The number of carbonyl (C=O) groups is 1. The van der Waals surface area contributed by atoms with Gasteiger partial charge in [-0.25, -0.2) is 0 Å². The van der Waals surface area contributed by atoms with Crippen LogP contribution in [0.25, 0.3) is 0 Å². The van der Waals surface area contributed by atoms with Gasteiger partial charge >= 0.3 is 0 Å². The van der Waals surface area contributed by atoms with Gasteiger partial charge in [-0.05, 0) is 26.3 Å². The number of hydrogen-bond acceptors (Lipinski definition) is 3. The molecule has 1 saturated heterocycles. The van der Waals surface area contributed by atoms with Gasteiger partial charge in [0, 0.05) is 45.2 Å². The minimum atomic E-state index is 0.0427. The molecule has 0 atom stereocenters. The van der Waals surface area contributed by atoms with Gasteiger partial charge in [0.15, 0.2) is 0 Å². The molecule has 18 heavy (non-hydrogen) atoms. The smallest absolute Gasteiger partial charge is 0.223 e. The maximum Gasteiger partial charge on any atom is 0.223 e. The molecule has 0 unspecified atom stereocenters. The van der Waals surface area contributed by atoms with Crippen LogP contribution in [0.2, 0.25) is 0 Å². The van der Waals surface area contributed by atoms with Crippen molar-refractivity contribution in [3.05, 3.63) is 0 Å². The Morgan fingerprint density at radius 1 is 1.22 bits per heavy atom. The predicted molar refractivity (Wildman–Crippen MR) is 75.6 cm³/mol. The fourth-order valence-electron chi connectivity index (χ4n) is 2.55. The molecule has 1 rings (SSSR count). The van der Waals surface area contributed by atoms with Gasteiger partial charge in [-0.2, -0.15) is 0 Å². The molecule has 0 saturated carbocycles. The van der Waals surface area contributed by atoms with Crippen molar-refractivity contribution in [2.75, 3.05) is 39.8 Å². The number of carbonyl (C=O) groups excluding carboxylic acids is 1. The molecule has 1 heterocycles. The van der Waals surface area contributed by atoms with Crippen molar-refractivity contribution in [2.45, 2.75) is 40.2 Å². The molecule has 106 valence electrons. The zero-order valence-corrected chi connectivity index (χ0v) is 12.6. The summed E-state index contributed by atoms with van der Waals surface area (Å²) in [7, 11) is 1.94. The quantitative estimate of drug-likeness (QED) is 0.801. The lowest BCUT2D eigenvalue weighted by Crippen LogP contribution is -2.51. The Morgan fingerprint density at radius 3 is 2.22 bits per heavy atom. The van der Waals surface area contributed by atoms with Gasteiger partial charge in [-0.3, -0.25) is 9.69 Å². The molecule has 0 aliphatic carbocycles. The Hall–Kier alpha value is -0.610. The van der Waals surface area contributed by atoms with Crippen LogP contribution < -0.4 is 5.32 Å². The highest BCUT2D eigenvalue weighted by molar-refractivity contribution is 5.77. The zero-order chi connectivity index (χ0) is 13.8. The summed E-state index contributed by atoms with van der Waals surface area (Å²) in [5, 5.41) is 3.16. The number of piperazine rings is 1. The van der Waals surface area contributed by atoms with Gasteiger partial charge in [-0.1, -0.05) is 13.8 Å². The summed E-state index contributed by atoms with van der Waals surface area (Å²) < 4.78 is 0. The minimum Gasteiger partial charge on any atom is -0.340 e. The summed E-state index contributed by atoms with van der Waals surface area (Å²) in [5.41, 5.74) is 0.0427. The lowest BCUT2D eigenvalue weighted by Gasteiger charge is -2.38. The summed E-state index contributed by atoms with van der Waals surface area (Å²) >= 11 is 0. The van der Waals surface area contributed by atoms with E-state index in [1.807, 2.05) is 11.9 Å². The van der Waals surface area contributed by atoms with E-state index in [9.17, 15) is 4.79 Å². The van der Waals surface area contributed by atoms with Crippen molar-refractivity contribution < 1.29 is 4.79 Å². The third-order valence-corrected chi connectivity index (χ3v) is 3.68. The summed E-state index contributed by atoms with van der Waals surface area (Å²) in [6, 6.07) is 0.586. The van der Waals surface area contributed by atoms with E-state index in [0.29, 0.717) is 18.4 Å². The normalized spacial score (nSPS) is 18.4. The van der Waals surface area contributed by atoms with Crippen LogP contribution in [0.1, 0.15) is 34.1 Å². The van der Waals surface area contributed by atoms with Crippen LogP contribution in [0.5, 0.6) is 0 Å². The van der Waals surface area contributed by atoms with E-state index in [4.69, 9.17) is 0 Å². The first kappa shape index (κ1) is 15.4. The second-order valence-corrected chi connectivity index (χ2v) is 6.38. The minimum absolute atomic E-state index is 0.0427. The number of nitrogens with zero attached hydrogens (tertiary/aromatic N) is 2. The summed E-state index contributed by atoms with van der Waals surface area (Å²) in [6.45, 7) is 13.4. The Balaban J connectivity index is 2.41. The van der Waals surface area contributed by atoms with Crippen LogP contribution in [-0.2, 0) is 4.79 Å². The molecule has 0 aromatic heterocycles. The predicted octanol–water partition coefficient (Wildman–Crippen LogP) is 1.17. The monoisotopic (exact) mass is 255 g/mol. The molecule has 4 heteroatoms. The number of rotatable bonds is 5. The molecule has 1 N–H and O–H groups in total. The fourth-order valence-corrected chi connectivity index (χ4v) is 2.55. The van der Waals surface area contributed by atoms with Crippen LogP contribution in [0.4, 0.5) is 0 Å². The van der Waals surface area contributed by atoms with Crippen LogP contribution in [0.3, 0.4) is 0 Å². The van der Waals surface area contributed by atoms with Crippen LogP contribution in [0.15, 0.2) is 0 Å². The first-order valence-corrected chi connectivity index (χ1v) is 7.02. The molecule has 1 aliphatic rings. The molecule has 1 fully saturated rings.